The predicted molar refractivity (Wildman–Crippen MR) is 60.3 cm³/mol. The number of halogens is 1. The lowest BCUT2D eigenvalue weighted by molar-refractivity contribution is 0.102. The molecule has 5 heteroatoms. The highest BCUT2D eigenvalue weighted by atomic mass is 19.1. The van der Waals surface area contributed by atoms with Crippen LogP contribution in [0, 0.1) is 19.7 Å². The summed E-state index contributed by atoms with van der Waals surface area (Å²) in [5.74, 6) is -0.582. The number of carbonyl (C=O) groups is 1. The molecule has 1 heterocycles. The molecule has 0 aliphatic carbocycles. The number of rotatable bonds is 2. The fraction of sp³-hybridized carbons (Fsp3) is 0.167. The number of carbonyl (C=O) groups excluding carboxylic acids is 1. The number of hydrogen-bond acceptors (Lipinski definition) is 3. The number of aromatic nitrogens is 1. The zero-order valence-corrected chi connectivity index (χ0v) is 9.45. The van der Waals surface area contributed by atoms with E-state index in [1.807, 2.05) is 0 Å². The molecule has 2 aromatic rings. The molecule has 0 radical (unpaired) electrons. The van der Waals surface area contributed by atoms with Crippen LogP contribution in [0.1, 0.15) is 21.8 Å². The molecule has 0 saturated carbocycles. The van der Waals surface area contributed by atoms with Gasteiger partial charge < -0.3 is 9.84 Å². The van der Waals surface area contributed by atoms with Gasteiger partial charge in [0.25, 0.3) is 5.91 Å². The van der Waals surface area contributed by atoms with E-state index in [0.717, 1.165) is 0 Å². The zero-order valence-electron chi connectivity index (χ0n) is 9.45. The highest BCUT2D eigenvalue weighted by molar-refractivity contribution is 6.04. The predicted octanol–water partition coefficient (Wildman–Crippen LogP) is 2.68. The molecule has 0 saturated heterocycles. The van der Waals surface area contributed by atoms with Crippen LogP contribution in [0.3, 0.4) is 0 Å². The Balaban J connectivity index is 2.27. The van der Waals surface area contributed by atoms with Crippen LogP contribution in [-0.4, -0.2) is 11.1 Å². The average Bonchev–Trinajstić information content (AvgIpc) is 2.61. The summed E-state index contributed by atoms with van der Waals surface area (Å²) in [6.45, 7) is 3.38. The van der Waals surface area contributed by atoms with Crippen molar-refractivity contribution in [3.8, 4) is 0 Å². The fourth-order valence-corrected chi connectivity index (χ4v) is 1.49. The molecule has 17 heavy (non-hydrogen) atoms. The molecule has 0 aliphatic rings. The minimum absolute atomic E-state index is 0.00694. The normalized spacial score (nSPS) is 10.3. The second-order valence-electron chi connectivity index (χ2n) is 3.63. The molecule has 1 aromatic heterocycles. The molecule has 0 aliphatic heterocycles. The standard InChI is InChI=1S/C12H11FN2O2/c1-7-11(8(2)17-15-7)14-12(16)9-5-3-4-6-10(9)13/h3-6H,1-2H3,(H,14,16). The molecule has 88 valence electrons. The van der Waals surface area contributed by atoms with Gasteiger partial charge in [-0.15, -0.1) is 0 Å². The van der Waals surface area contributed by atoms with Gasteiger partial charge in [0.15, 0.2) is 5.76 Å². The number of amides is 1. The van der Waals surface area contributed by atoms with E-state index in [0.29, 0.717) is 17.1 Å². The van der Waals surface area contributed by atoms with Gasteiger partial charge in [-0.05, 0) is 26.0 Å². The summed E-state index contributed by atoms with van der Waals surface area (Å²) >= 11 is 0. The number of nitrogens with one attached hydrogen (secondary N) is 1. The van der Waals surface area contributed by atoms with Gasteiger partial charge in [-0.25, -0.2) is 4.39 Å². The molecule has 1 N–H and O–H groups in total. The van der Waals surface area contributed by atoms with Gasteiger partial charge in [-0.2, -0.15) is 0 Å². The van der Waals surface area contributed by atoms with E-state index in [2.05, 4.69) is 10.5 Å². The lowest BCUT2D eigenvalue weighted by Crippen LogP contribution is -2.14. The topological polar surface area (TPSA) is 55.1 Å². The van der Waals surface area contributed by atoms with Crippen molar-refractivity contribution in [2.45, 2.75) is 13.8 Å². The highest BCUT2D eigenvalue weighted by Gasteiger charge is 2.15. The third-order valence-electron chi connectivity index (χ3n) is 2.39. The summed E-state index contributed by atoms with van der Waals surface area (Å²) in [6.07, 6.45) is 0. The quantitative estimate of drug-likeness (QED) is 0.869. The van der Waals surface area contributed by atoms with Gasteiger partial charge in [-0.3, -0.25) is 4.79 Å². The maximum absolute atomic E-state index is 13.4. The average molecular weight is 234 g/mol. The van der Waals surface area contributed by atoms with E-state index in [9.17, 15) is 9.18 Å². The first-order valence-corrected chi connectivity index (χ1v) is 5.08. The lowest BCUT2D eigenvalue weighted by atomic mass is 10.2. The first-order valence-electron chi connectivity index (χ1n) is 5.08. The molecule has 0 spiro atoms. The third-order valence-corrected chi connectivity index (χ3v) is 2.39. The lowest BCUT2D eigenvalue weighted by Gasteiger charge is -2.04. The van der Waals surface area contributed by atoms with Crippen molar-refractivity contribution >= 4 is 11.6 Å². The Kier molecular flexibility index (Phi) is 2.91. The van der Waals surface area contributed by atoms with Crippen LogP contribution in [0.2, 0.25) is 0 Å². The number of hydrogen-bond donors (Lipinski definition) is 1. The van der Waals surface area contributed by atoms with Crippen molar-refractivity contribution in [2.24, 2.45) is 0 Å². The fourth-order valence-electron chi connectivity index (χ4n) is 1.49. The second kappa shape index (κ2) is 4.37. The number of aryl methyl sites for hydroxylation is 2. The van der Waals surface area contributed by atoms with E-state index in [1.54, 1.807) is 19.9 Å². The minimum atomic E-state index is -0.559. The Morgan fingerprint density at radius 3 is 2.65 bits per heavy atom. The number of benzene rings is 1. The van der Waals surface area contributed by atoms with E-state index < -0.39 is 11.7 Å². The Bertz CT molecular complexity index is 544. The van der Waals surface area contributed by atoms with E-state index in [1.165, 1.54) is 18.2 Å². The summed E-state index contributed by atoms with van der Waals surface area (Å²) in [6, 6.07) is 5.79. The molecule has 1 aromatic carbocycles. The van der Waals surface area contributed by atoms with Crippen molar-refractivity contribution in [3.63, 3.8) is 0 Å². The van der Waals surface area contributed by atoms with Crippen molar-refractivity contribution in [1.82, 2.24) is 5.16 Å². The molecular weight excluding hydrogens is 223 g/mol. The van der Waals surface area contributed by atoms with E-state index in [4.69, 9.17) is 4.52 Å². The summed E-state index contributed by atoms with van der Waals surface area (Å²) in [5.41, 5.74) is 1.04. The number of nitrogens with zero attached hydrogens (tertiary/aromatic N) is 1. The Morgan fingerprint density at radius 2 is 2.06 bits per heavy atom. The van der Waals surface area contributed by atoms with Crippen LogP contribution >= 0.6 is 0 Å². The molecule has 0 atom stereocenters. The van der Waals surface area contributed by atoms with Crippen molar-refractivity contribution in [2.75, 3.05) is 5.32 Å². The molecular formula is C12H11FN2O2. The summed E-state index contributed by atoms with van der Waals surface area (Å²) in [4.78, 5) is 11.8. The highest BCUT2D eigenvalue weighted by Crippen LogP contribution is 2.20. The van der Waals surface area contributed by atoms with Gasteiger partial charge in [0, 0.05) is 0 Å². The molecule has 0 fully saturated rings. The first kappa shape index (κ1) is 11.3. The summed E-state index contributed by atoms with van der Waals surface area (Å²) in [7, 11) is 0. The van der Waals surface area contributed by atoms with Gasteiger partial charge in [-0.1, -0.05) is 17.3 Å². The smallest absolute Gasteiger partial charge is 0.258 e. The minimum Gasteiger partial charge on any atom is -0.359 e. The Hall–Kier alpha value is -2.17. The van der Waals surface area contributed by atoms with Gasteiger partial charge >= 0.3 is 0 Å². The molecule has 4 nitrogen and oxygen atoms in total. The summed E-state index contributed by atoms with van der Waals surface area (Å²) < 4.78 is 18.3. The second-order valence-corrected chi connectivity index (χ2v) is 3.63. The number of anilines is 1. The van der Waals surface area contributed by atoms with Gasteiger partial charge in [0.05, 0.1) is 5.56 Å². The van der Waals surface area contributed by atoms with Crippen LogP contribution in [0.5, 0.6) is 0 Å². The Morgan fingerprint density at radius 1 is 1.35 bits per heavy atom. The molecule has 0 unspecified atom stereocenters. The van der Waals surface area contributed by atoms with E-state index >= 15 is 0 Å². The largest absolute Gasteiger partial charge is 0.359 e. The maximum atomic E-state index is 13.4. The first-order chi connectivity index (χ1) is 8.09. The Labute approximate surface area is 97.4 Å². The molecule has 0 bridgehead atoms. The van der Waals surface area contributed by atoms with Crippen LogP contribution in [0.15, 0.2) is 28.8 Å². The monoisotopic (exact) mass is 234 g/mol. The van der Waals surface area contributed by atoms with Crippen molar-refractivity contribution in [1.29, 1.82) is 0 Å². The molecule has 2 rings (SSSR count). The van der Waals surface area contributed by atoms with Crippen LogP contribution in [0.25, 0.3) is 0 Å². The van der Waals surface area contributed by atoms with E-state index in [-0.39, 0.29) is 5.56 Å². The molecule has 1 amide bonds. The third kappa shape index (κ3) is 2.18. The van der Waals surface area contributed by atoms with Crippen molar-refractivity contribution < 1.29 is 13.7 Å². The maximum Gasteiger partial charge on any atom is 0.258 e. The summed E-state index contributed by atoms with van der Waals surface area (Å²) in [5, 5.41) is 6.28. The van der Waals surface area contributed by atoms with Crippen LogP contribution in [0.4, 0.5) is 10.1 Å². The van der Waals surface area contributed by atoms with Gasteiger partial charge in [0.2, 0.25) is 0 Å². The van der Waals surface area contributed by atoms with Gasteiger partial charge in [0.1, 0.15) is 17.2 Å². The van der Waals surface area contributed by atoms with Crippen LogP contribution in [-0.2, 0) is 0 Å². The zero-order chi connectivity index (χ0) is 12.4. The SMILES string of the molecule is Cc1noc(C)c1NC(=O)c1ccccc1F. The van der Waals surface area contributed by atoms with Crippen molar-refractivity contribution in [3.05, 3.63) is 47.1 Å². The van der Waals surface area contributed by atoms with Crippen LogP contribution < -0.4 is 5.32 Å².